The number of ether oxygens (including phenoxy) is 4. The fourth-order valence-corrected chi connectivity index (χ4v) is 13.6. The van der Waals surface area contributed by atoms with Gasteiger partial charge < -0.3 is 33.4 Å². The molecule has 3 saturated heterocycles. The van der Waals surface area contributed by atoms with E-state index >= 15 is 0 Å². The quantitative estimate of drug-likeness (QED) is 0.0637. The number of imidazole rings is 2. The van der Waals surface area contributed by atoms with E-state index in [0.29, 0.717) is 80.8 Å². The van der Waals surface area contributed by atoms with E-state index in [1.807, 2.05) is 94.7 Å². The Morgan fingerprint density at radius 2 is 0.942 bits per heavy atom. The molecule has 3 aliphatic carbocycles. The molecule has 456 valence electrons. The van der Waals surface area contributed by atoms with Gasteiger partial charge in [-0.2, -0.15) is 40.5 Å². The van der Waals surface area contributed by atoms with Gasteiger partial charge in [0.1, 0.15) is 0 Å². The van der Waals surface area contributed by atoms with Crippen molar-refractivity contribution in [3.63, 3.8) is 0 Å². The molecule has 4 amide bonds. The number of rotatable bonds is 11. The average molecular weight is 1230 g/mol. The number of fused-ring (bicyclic) bond motifs is 5. The number of anilines is 2. The maximum atomic E-state index is 13.8. The third-order valence-corrected chi connectivity index (χ3v) is 18.2. The SMILES string of the molecule is COC(=O)c1ccc2c(c1)CC[C@@]1(CCNC1=O)C2.COCCn1c(N2CC[C@@]3(CCc4cc(C(=O)NO)ccc4C3)C2=O)nc2ccccc21.COCCn1c(N2CC[C@@]3(CCc4cc(C(=O)OC)ccc4C3)C2=O)nc2ccccc21.S.S.S. The number of benzene rings is 5. The van der Waals surface area contributed by atoms with Crippen molar-refractivity contribution < 1.29 is 52.9 Å². The molecule has 3 N–H and O–H groups in total. The van der Waals surface area contributed by atoms with Gasteiger partial charge in [-0.1, -0.05) is 42.5 Å². The predicted molar refractivity (Wildman–Crippen MR) is 341 cm³/mol. The molecule has 13 rings (SSSR count). The zero-order valence-electron chi connectivity index (χ0n) is 49.0. The van der Waals surface area contributed by atoms with E-state index < -0.39 is 16.7 Å². The van der Waals surface area contributed by atoms with Gasteiger partial charge in [-0.15, -0.1) is 0 Å². The Bertz CT molecular complexity index is 3520. The van der Waals surface area contributed by atoms with Crippen LogP contribution in [0, 0.1) is 16.2 Å². The highest BCUT2D eigenvalue weighted by Gasteiger charge is 2.51. The first-order chi connectivity index (χ1) is 40.3. The summed E-state index contributed by atoms with van der Waals surface area (Å²) in [7, 11) is 6.13. The number of para-hydroxylation sites is 4. The number of nitrogens with one attached hydrogen (secondary N) is 2. The normalized spacial score (nSPS) is 20.5. The van der Waals surface area contributed by atoms with Crippen molar-refractivity contribution in [2.45, 2.75) is 90.1 Å². The fourth-order valence-electron chi connectivity index (χ4n) is 13.6. The summed E-state index contributed by atoms with van der Waals surface area (Å²) >= 11 is 0. The highest BCUT2D eigenvalue weighted by molar-refractivity contribution is 7.59. The van der Waals surface area contributed by atoms with E-state index in [-0.39, 0.29) is 75.6 Å². The summed E-state index contributed by atoms with van der Waals surface area (Å²) in [6.07, 6.45) is 9.37. The first-order valence-electron chi connectivity index (χ1n) is 28.5. The third kappa shape index (κ3) is 12.2. The summed E-state index contributed by atoms with van der Waals surface area (Å²) in [5.74, 6) is 0.695. The number of amides is 4. The minimum absolute atomic E-state index is 0. The van der Waals surface area contributed by atoms with Gasteiger partial charge in [-0.25, -0.2) is 25.0 Å². The molecule has 0 unspecified atom stereocenters. The van der Waals surface area contributed by atoms with Gasteiger partial charge in [0.15, 0.2) is 0 Å². The number of carbonyl (C=O) groups excluding carboxylic acids is 6. The number of nitrogens with zero attached hydrogens (tertiary/aromatic N) is 6. The Morgan fingerprint density at radius 1 is 0.535 bits per heavy atom. The molecule has 3 fully saturated rings. The van der Waals surface area contributed by atoms with Crippen LogP contribution >= 0.6 is 40.5 Å². The fraction of sp³-hybridized carbons (Fsp3) is 0.406. The van der Waals surface area contributed by atoms with Crippen molar-refractivity contribution in [2.75, 3.05) is 71.1 Å². The maximum Gasteiger partial charge on any atom is 0.337 e. The number of esters is 2. The molecule has 0 bridgehead atoms. The minimum atomic E-state index is -0.522. The topological polar surface area (TPSA) is 226 Å². The van der Waals surface area contributed by atoms with E-state index in [9.17, 15) is 28.8 Å². The van der Waals surface area contributed by atoms with E-state index in [1.54, 1.807) is 37.9 Å². The molecule has 86 heavy (non-hydrogen) atoms. The number of carbonyl (C=O) groups is 6. The Balaban J connectivity index is 0.000000170. The van der Waals surface area contributed by atoms with Crippen LogP contribution in [-0.4, -0.2) is 121 Å². The van der Waals surface area contributed by atoms with E-state index in [2.05, 4.69) is 14.5 Å². The first kappa shape index (κ1) is 64.8. The van der Waals surface area contributed by atoms with Gasteiger partial charge in [0, 0.05) is 52.5 Å². The Kier molecular flexibility index (Phi) is 20.5. The number of hydrogen-bond acceptors (Lipinski definition) is 13. The monoisotopic (exact) mass is 1230 g/mol. The summed E-state index contributed by atoms with van der Waals surface area (Å²) in [5, 5.41) is 11.8. The van der Waals surface area contributed by atoms with Crippen LogP contribution in [0.3, 0.4) is 0 Å². The third-order valence-electron chi connectivity index (χ3n) is 18.2. The Morgan fingerprint density at radius 3 is 1.35 bits per heavy atom. The van der Waals surface area contributed by atoms with Crippen LogP contribution in [0.25, 0.3) is 22.1 Å². The van der Waals surface area contributed by atoms with E-state index in [4.69, 9.17) is 34.1 Å². The minimum Gasteiger partial charge on any atom is -0.465 e. The van der Waals surface area contributed by atoms with E-state index in [1.165, 1.54) is 25.3 Å². The molecule has 5 heterocycles. The molecule has 3 atom stereocenters. The van der Waals surface area contributed by atoms with Gasteiger partial charge in [-0.3, -0.25) is 34.2 Å². The maximum absolute atomic E-state index is 13.8. The molecular weight excluding hydrogens is 1150 g/mol. The number of hydroxylamine groups is 1. The highest BCUT2D eigenvalue weighted by atomic mass is 32.1. The molecular formula is C64H76N8O11S3. The van der Waals surface area contributed by atoms with Crippen LogP contribution in [0.2, 0.25) is 0 Å². The van der Waals surface area contributed by atoms with Crippen molar-refractivity contribution in [3.8, 4) is 0 Å². The number of aryl methyl sites for hydroxylation is 3. The molecule has 6 aliphatic rings. The molecule has 19 nitrogen and oxygen atoms in total. The second kappa shape index (κ2) is 27.2. The van der Waals surface area contributed by atoms with Gasteiger partial charge in [-0.05, 0) is 171 Å². The molecule has 7 aromatic rings. The van der Waals surface area contributed by atoms with Crippen LogP contribution in [0.4, 0.5) is 11.9 Å². The number of aromatic nitrogens is 4. The molecule has 2 aromatic heterocycles. The Hall–Kier alpha value is -7.21. The summed E-state index contributed by atoms with van der Waals surface area (Å²) < 4.78 is 24.4. The lowest BCUT2D eigenvalue weighted by Gasteiger charge is -2.33. The number of methoxy groups -OCH3 is 4. The summed E-state index contributed by atoms with van der Waals surface area (Å²) in [6, 6.07) is 32.7. The molecule has 0 saturated carbocycles. The van der Waals surface area contributed by atoms with Crippen LogP contribution in [0.5, 0.6) is 0 Å². The molecule has 0 radical (unpaired) electrons. The van der Waals surface area contributed by atoms with Crippen molar-refractivity contribution in [1.29, 1.82) is 0 Å². The van der Waals surface area contributed by atoms with Gasteiger partial charge in [0.05, 0.1) is 76.9 Å². The first-order valence-corrected chi connectivity index (χ1v) is 28.5. The summed E-state index contributed by atoms with van der Waals surface area (Å²) in [6.45, 7) is 4.44. The van der Waals surface area contributed by atoms with Crippen LogP contribution in [-0.2, 0) is 84.9 Å². The van der Waals surface area contributed by atoms with Crippen molar-refractivity contribution >= 4 is 110 Å². The molecule has 5 aromatic carbocycles. The van der Waals surface area contributed by atoms with Gasteiger partial charge >= 0.3 is 11.9 Å². The van der Waals surface area contributed by atoms with Crippen LogP contribution in [0.1, 0.15) is 103 Å². The highest BCUT2D eigenvalue weighted by Crippen LogP contribution is 2.48. The molecule has 3 aliphatic heterocycles. The van der Waals surface area contributed by atoms with Crippen LogP contribution < -0.4 is 20.6 Å². The zero-order chi connectivity index (χ0) is 58.0. The van der Waals surface area contributed by atoms with Crippen molar-refractivity contribution in [3.05, 3.63) is 153 Å². The lowest BCUT2D eigenvalue weighted by Crippen LogP contribution is -2.39. The number of hydrogen-bond donors (Lipinski definition) is 3. The smallest absolute Gasteiger partial charge is 0.337 e. The lowest BCUT2D eigenvalue weighted by molar-refractivity contribution is -0.128. The van der Waals surface area contributed by atoms with E-state index in [0.717, 1.165) is 115 Å². The largest absolute Gasteiger partial charge is 0.465 e. The lowest BCUT2D eigenvalue weighted by atomic mass is 9.70. The molecule has 22 heteroatoms. The van der Waals surface area contributed by atoms with Crippen molar-refractivity contribution in [2.24, 2.45) is 16.2 Å². The van der Waals surface area contributed by atoms with Crippen molar-refractivity contribution in [1.82, 2.24) is 29.9 Å². The predicted octanol–water partition coefficient (Wildman–Crippen LogP) is 7.90. The summed E-state index contributed by atoms with van der Waals surface area (Å²) in [4.78, 5) is 88.0. The van der Waals surface area contributed by atoms with Gasteiger partial charge in [0.2, 0.25) is 29.6 Å². The standard InChI is InChI=1S/C25H27N3O4.C24H26N4O4.C15H17NO3.3H2S/c1-31-14-13-27-21-6-4-3-5-20(21)26-24(27)28-12-11-25(23(28)30)10-9-17-15-18(22(29)32-2)7-8-19(17)16-25;1-32-13-12-27-20-5-3-2-4-19(20)25-23(27)28-11-10-24(22(28)30)9-8-16-14-17(21(29)26-31)6-7-18(16)15-24;1-19-13(17)11-2-3-12-9-15(5-4-10(12)8-11)6-7-16-14(15)18;;;/h3-8,15H,9-14,16H2,1-2H3;2-7,14,31H,8-13,15H2,1H3,(H,26,29);2-3,8H,4-7,9H2,1H3,(H,16,18);3*1H2/t25-;24-;15-;;;/m111.../s1. The van der Waals surface area contributed by atoms with Crippen LogP contribution in [0.15, 0.2) is 103 Å². The average Bonchev–Trinajstić information content (AvgIpc) is 1.62. The van der Waals surface area contributed by atoms with Gasteiger partial charge in [0.25, 0.3) is 5.91 Å². The summed E-state index contributed by atoms with van der Waals surface area (Å²) in [5.41, 5.74) is 12.8. The Labute approximate surface area is 520 Å². The zero-order valence-corrected chi connectivity index (χ0v) is 52.0. The second-order valence-corrected chi connectivity index (χ2v) is 22.8. The molecule has 3 spiro atoms. The second-order valence-electron chi connectivity index (χ2n) is 22.8.